The third-order valence-corrected chi connectivity index (χ3v) is 4.02. The highest BCUT2D eigenvalue weighted by molar-refractivity contribution is 6.01. The molecule has 0 aliphatic rings. The minimum Gasteiger partial charge on any atom is -0.306 e. The van der Waals surface area contributed by atoms with Gasteiger partial charge < -0.3 is 4.98 Å². The minimum absolute atomic E-state index is 0.0809. The zero-order valence-corrected chi connectivity index (χ0v) is 12.7. The van der Waals surface area contributed by atoms with E-state index in [1.54, 1.807) is 18.2 Å². The molecule has 4 aromatic rings. The molecule has 1 N–H and O–H groups in total. The average molecular weight is 344 g/mol. The van der Waals surface area contributed by atoms with Crippen molar-refractivity contribution < 1.29 is 13.2 Å². The number of nitrogens with one attached hydrogen (secondary N) is 1. The van der Waals surface area contributed by atoms with Crippen LogP contribution in [0.2, 0.25) is 0 Å². The van der Waals surface area contributed by atoms with Crippen LogP contribution < -0.4 is 5.56 Å². The van der Waals surface area contributed by atoms with Crippen LogP contribution in [0.25, 0.3) is 21.9 Å². The number of benzene rings is 1. The molecule has 25 heavy (non-hydrogen) atoms. The highest BCUT2D eigenvalue weighted by Gasteiger charge is 2.33. The number of nitrogens with zero attached hydrogens (tertiary/aromatic N) is 3. The van der Waals surface area contributed by atoms with E-state index in [2.05, 4.69) is 15.1 Å². The summed E-state index contributed by atoms with van der Waals surface area (Å²) >= 11 is 0. The molecular weight excluding hydrogens is 333 g/mol. The monoisotopic (exact) mass is 344 g/mol. The fourth-order valence-corrected chi connectivity index (χ4v) is 2.92. The summed E-state index contributed by atoms with van der Waals surface area (Å²) in [5.41, 5.74) is -0.186. The first kappa shape index (κ1) is 15.4. The van der Waals surface area contributed by atoms with Crippen molar-refractivity contribution in [3.05, 3.63) is 70.3 Å². The second-order valence-corrected chi connectivity index (χ2v) is 5.57. The lowest BCUT2D eigenvalue weighted by Gasteiger charge is -2.13. The van der Waals surface area contributed by atoms with Crippen LogP contribution >= 0.6 is 0 Å². The lowest BCUT2D eigenvalue weighted by molar-refractivity contribution is -0.138. The predicted octanol–water partition coefficient (Wildman–Crippen LogP) is 3.34. The zero-order valence-electron chi connectivity index (χ0n) is 12.7. The van der Waals surface area contributed by atoms with Gasteiger partial charge in [0.05, 0.1) is 29.2 Å². The summed E-state index contributed by atoms with van der Waals surface area (Å²) in [6, 6.07) is 8.77. The van der Waals surface area contributed by atoms with E-state index in [4.69, 9.17) is 0 Å². The van der Waals surface area contributed by atoms with E-state index in [-0.39, 0.29) is 17.7 Å². The Kier molecular flexibility index (Phi) is 3.34. The van der Waals surface area contributed by atoms with E-state index in [0.29, 0.717) is 21.9 Å². The van der Waals surface area contributed by atoms with Gasteiger partial charge in [-0.1, -0.05) is 18.2 Å². The van der Waals surface area contributed by atoms with E-state index in [1.165, 1.54) is 29.2 Å². The lowest BCUT2D eigenvalue weighted by Crippen LogP contribution is -2.13. The van der Waals surface area contributed by atoms with Crippen LogP contribution in [-0.2, 0) is 12.7 Å². The van der Waals surface area contributed by atoms with Crippen molar-refractivity contribution in [3.63, 3.8) is 0 Å². The molecule has 0 bridgehead atoms. The summed E-state index contributed by atoms with van der Waals surface area (Å²) in [5.74, 6) is 0. The molecule has 8 heteroatoms. The number of rotatable bonds is 2. The molecule has 0 radical (unpaired) electrons. The number of fused-ring (bicyclic) bond motifs is 3. The van der Waals surface area contributed by atoms with Crippen LogP contribution in [0.4, 0.5) is 13.2 Å². The van der Waals surface area contributed by atoms with Gasteiger partial charge in [0.2, 0.25) is 0 Å². The molecular formula is C17H11F3N4O. The van der Waals surface area contributed by atoms with Crippen LogP contribution in [0.5, 0.6) is 0 Å². The molecule has 0 aliphatic carbocycles. The van der Waals surface area contributed by atoms with Gasteiger partial charge in [-0.25, -0.2) is 4.98 Å². The zero-order chi connectivity index (χ0) is 17.6. The lowest BCUT2D eigenvalue weighted by atomic mass is 10.1. The molecule has 0 aliphatic heterocycles. The van der Waals surface area contributed by atoms with E-state index in [1.807, 2.05) is 0 Å². The average Bonchev–Trinajstić information content (AvgIpc) is 2.99. The van der Waals surface area contributed by atoms with Gasteiger partial charge in [0, 0.05) is 11.6 Å². The molecule has 1 aromatic carbocycles. The standard InChI is InChI=1S/C17H11F3N4O/c18-17(19,20)13-6-2-1-4-10(13)9-24-14-11-5-3-7-21-15(11)23-16(25)12(14)8-22-24/h1-8H,9H2,(H,21,23,25). The van der Waals surface area contributed by atoms with Gasteiger partial charge in [0.25, 0.3) is 5.56 Å². The number of hydrogen-bond donors (Lipinski definition) is 1. The van der Waals surface area contributed by atoms with Crippen molar-refractivity contribution >= 4 is 21.9 Å². The van der Waals surface area contributed by atoms with Gasteiger partial charge in [-0.2, -0.15) is 18.3 Å². The van der Waals surface area contributed by atoms with E-state index < -0.39 is 11.7 Å². The third kappa shape index (κ3) is 2.55. The molecule has 3 aromatic heterocycles. The van der Waals surface area contributed by atoms with E-state index >= 15 is 0 Å². The van der Waals surface area contributed by atoms with Gasteiger partial charge in [-0.15, -0.1) is 0 Å². The molecule has 0 saturated heterocycles. The largest absolute Gasteiger partial charge is 0.416 e. The van der Waals surface area contributed by atoms with Crippen molar-refractivity contribution in [2.45, 2.75) is 12.7 Å². The van der Waals surface area contributed by atoms with Crippen molar-refractivity contribution in [2.24, 2.45) is 0 Å². The summed E-state index contributed by atoms with van der Waals surface area (Å²) in [7, 11) is 0. The number of pyridine rings is 2. The molecule has 3 heterocycles. The Labute approximate surface area is 138 Å². The van der Waals surface area contributed by atoms with Crippen LogP contribution in [0.1, 0.15) is 11.1 Å². The molecule has 0 fully saturated rings. The summed E-state index contributed by atoms with van der Waals surface area (Å²) in [4.78, 5) is 18.9. The number of aromatic amines is 1. The topological polar surface area (TPSA) is 63.6 Å². The van der Waals surface area contributed by atoms with E-state index in [0.717, 1.165) is 6.07 Å². The molecule has 5 nitrogen and oxygen atoms in total. The predicted molar refractivity (Wildman–Crippen MR) is 86.2 cm³/mol. The Morgan fingerprint density at radius 1 is 1.08 bits per heavy atom. The fraction of sp³-hybridized carbons (Fsp3) is 0.118. The number of halogens is 3. The number of alkyl halides is 3. The van der Waals surface area contributed by atoms with Crippen LogP contribution in [0.15, 0.2) is 53.6 Å². The van der Waals surface area contributed by atoms with Gasteiger partial charge in [-0.3, -0.25) is 9.48 Å². The van der Waals surface area contributed by atoms with Gasteiger partial charge >= 0.3 is 6.18 Å². The number of H-pyrrole nitrogens is 1. The second-order valence-electron chi connectivity index (χ2n) is 5.57. The number of aromatic nitrogens is 4. The molecule has 0 saturated carbocycles. The maximum Gasteiger partial charge on any atom is 0.416 e. The minimum atomic E-state index is -4.46. The Balaban J connectivity index is 1.94. The molecule has 0 unspecified atom stereocenters. The summed E-state index contributed by atoms with van der Waals surface area (Å²) in [6.07, 6.45) is -1.57. The van der Waals surface area contributed by atoms with Crippen LogP contribution in [0, 0.1) is 0 Å². The Morgan fingerprint density at radius 2 is 1.88 bits per heavy atom. The van der Waals surface area contributed by atoms with Gasteiger partial charge in [0.15, 0.2) is 0 Å². The molecule has 4 rings (SSSR count). The SMILES string of the molecule is O=c1[nH]c2ncccc2c2c1cnn2Cc1ccccc1C(F)(F)F. The maximum absolute atomic E-state index is 13.2. The Bertz CT molecular complexity index is 1140. The molecule has 0 spiro atoms. The molecule has 0 amide bonds. The summed E-state index contributed by atoms with van der Waals surface area (Å²) in [6.45, 7) is -0.105. The van der Waals surface area contributed by atoms with Gasteiger partial charge in [-0.05, 0) is 23.8 Å². The first-order valence-electron chi connectivity index (χ1n) is 7.43. The highest BCUT2D eigenvalue weighted by Crippen LogP contribution is 2.32. The third-order valence-electron chi connectivity index (χ3n) is 4.02. The van der Waals surface area contributed by atoms with Crippen LogP contribution in [-0.4, -0.2) is 19.7 Å². The summed E-state index contributed by atoms with van der Waals surface area (Å²) in [5, 5.41) is 5.06. The quantitative estimate of drug-likeness (QED) is 0.607. The van der Waals surface area contributed by atoms with Crippen molar-refractivity contribution in [2.75, 3.05) is 0 Å². The molecule has 0 atom stereocenters. The second kappa shape index (κ2) is 5.44. The fourth-order valence-electron chi connectivity index (χ4n) is 2.92. The smallest absolute Gasteiger partial charge is 0.306 e. The normalized spacial score (nSPS) is 12.1. The van der Waals surface area contributed by atoms with E-state index in [9.17, 15) is 18.0 Å². The Hall–Kier alpha value is -3.16. The van der Waals surface area contributed by atoms with Crippen molar-refractivity contribution in [3.8, 4) is 0 Å². The Morgan fingerprint density at radius 3 is 2.68 bits per heavy atom. The van der Waals surface area contributed by atoms with Gasteiger partial charge in [0.1, 0.15) is 5.65 Å². The van der Waals surface area contributed by atoms with Crippen molar-refractivity contribution in [1.82, 2.24) is 19.7 Å². The maximum atomic E-state index is 13.2. The highest BCUT2D eigenvalue weighted by atomic mass is 19.4. The summed E-state index contributed by atoms with van der Waals surface area (Å²) < 4.78 is 41.0. The first-order chi connectivity index (χ1) is 11.9. The first-order valence-corrected chi connectivity index (χ1v) is 7.43. The molecule has 126 valence electrons. The van der Waals surface area contributed by atoms with Crippen LogP contribution in [0.3, 0.4) is 0 Å². The van der Waals surface area contributed by atoms with Crippen molar-refractivity contribution in [1.29, 1.82) is 0 Å². The number of hydrogen-bond acceptors (Lipinski definition) is 3.